The number of carbonyl (C=O) groups is 1. The lowest BCUT2D eigenvalue weighted by Gasteiger charge is -2.13. The molecule has 124 valence electrons. The van der Waals surface area contributed by atoms with Crippen LogP contribution in [0.2, 0.25) is 5.02 Å². The molecule has 1 amide bonds. The first kappa shape index (κ1) is 17.4. The number of halogens is 2. The number of amides is 1. The van der Waals surface area contributed by atoms with Crippen molar-refractivity contribution in [3.05, 3.63) is 46.9 Å². The fourth-order valence-electron chi connectivity index (χ4n) is 2.04. The minimum Gasteiger partial charge on any atom is -0.380 e. The van der Waals surface area contributed by atoms with Crippen LogP contribution in [0.1, 0.15) is 12.0 Å². The summed E-state index contributed by atoms with van der Waals surface area (Å²) in [5.74, 6) is -0.212. The lowest BCUT2D eigenvalue weighted by atomic mass is 10.2. The van der Waals surface area contributed by atoms with E-state index in [2.05, 4.69) is 10.4 Å². The number of methoxy groups -OCH3 is 1. The second-order valence-electron chi connectivity index (χ2n) is 4.97. The SMILES string of the molecule is COC(CN)CC(=O)Nc1ccnn1Cc1ccc(Cl)c(F)c1. The molecule has 8 heteroatoms. The topological polar surface area (TPSA) is 82.2 Å². The van der Waals surface area contributed by atoms with Crippen LogP contribution in [0.4, 0.5) is 10.2 Å². The Bertz CT molecular complexity index is 673. The van der Waals surface area contributed by atoms with Crippen molar-refractivity contribution in [3.8, 4) is 0 Å². The van der Waals surface area contributed by atoms with Gasteiger partial charge >= 0.3 is 0 Å². The van der Waals surface area contributed by atoms with Crippen molar-refractivity contribution in [1.29, 1.82) is 0 Å². The number of hydrogen-bond donors (Lipinski definition) is 2. The van der Waals surface area contributed by atoms with Crippen LogP contribution in [0.15, 0.2) is 30.5 Å². The molecule has 0 radical (unpaired) electrons. The quantitative estimate of drug-likeness (QED) is 0.808. The number of rotatable bonds is 7. The first-order valence-electron chi connectivity index (χ1n) is 7.02. The molecule has 0 aliphatic rings. The van der Waals surface area contributed by atoms with Crippen molar-refractivity contribution in [2.75, 3.05) is 19.0 Å². The van der Waals surface area contributed by atoms with Gasteiger partial charge in [0.15, 0.2) is 0 Å². The third-order valence-electron chi connectivity index (χ3n) is 3.31. The Hall–Kier alpha value is -1.96. The van der Waals surface area contributed by atoms with Crippen LogP contribution in [-0.2, 0) is 16.1 Å². The van der Waals surface area contributed by atoms with Gasteiger partial charge in [0.25, 0.3) is 0 Å². The average molecular weight is 341 g/mol. The van der Waals surface area contributed by atoms with Gasteiger partial charge in [0, 0.05) is 19.7 Å². The van der Waals surface area contributed by atoms with Crippen LogP contribution < -0.4 is 11.1 Å². The van der Waals surface area contributed by atoms with E-state index in [-0.39, 0.29) is 30.0 Å². The molecule has 0 aliphatic heterocycles. The van der Waals surface area contributed by atoms with Gasteiger partial charge in [0.2, 0.25) is 5.91 Å². The summed E-state index contributed by atoms with van der Waals surface area (Å²) in [6.07, 6.45) is 1.36. The molecule has 0 fully saturated rings. The second kappa shape index (κ2) is 8.05. The summed E-state index contributed by atoms with van der Waals surface area (Å²) in [5, 5.41) is 6.93. The molecule has 2 aromatic rings. The van der Waals surface area contributed by atoms with Gasteiger partial charge in [-0.3, -0.25) is 4.79 Å². The minimum absolute atomic E-state index is 0.0649. The molecule has 0 spiro atoms. The van der Waals surface area contributed by atoms with Crippen LogP contribution in [0, 0.1) is 5.82 Å². The Balaban J connectivity index is 2.04. The molecule has 0 aliphatic carbocycles. The highest BCUT2D eigenvalue weighted by Crippen LogP contribution is 2.17. The first-order valence-corrected chi connectivity index (χ1v) is 7.39. The Morgan fingerprint density at radius 1 is 1.52 bits per heavy atom. The minimum atomic E-state index is -0.493. The molecule has 0 saturated carbocycles. The van der Waals surface area contributed by atoms with Crippen molar-refractivity contribution in [2.24, 2.45) is 5.73 Å². The summed E-state index contributed by atoms with van der Waals surface area (Å²) in [6, 6.07) is 6.19. The molecule has 1 aromatic carbocycles. The van der Waals surface area contributed by atoms with Gasteiger partial charge in [-0.25, -0.2) is 9.07 Å². The summed E-state index contributed by atoms with van der Waals surface area (Å²) >= 11 is 5.66. The molecular weight excluding hydrogens is 323 g/mol. The number of nitrogens with two attached hydrogens (primary N) is 1. The largest absolute Gasteiger partial charge is 0.380 e. The van der Waals surface area contributed by atoms with E-state index in [4.69, 9.17) is 22.1 Å². The summed E-state index contributed by atoms with van der Waals surface area (Å²) in [7, 11) is 1.50. The number of ether oxygens (including phenoxy) is 1. The number of carbonyl (C=O) groups excluding carboxylic acids is 1. The fourth-order valence-corrected chi connectivity index (χ4v) is 2.16. The van der Waals surface area contributed by atoms with Gasteiger partial charge in [-0.15, -0.1) is 0 Å². The van der Waals surface area contributed by atoms with Crippen LogP contribution >= 0.6 is 11.6 Å². The van der Waals surface area contributed by atoms with Crippen LogP contribution in [0.25, 0.3) is 0 Å². The zero-order valence-corrected chi connectivity index (χ0v) is 13.4. The molecule has 0 saturated heterocycles. The summed E-state index contributed by atoms with van der Waals surface area (Å²) < 4.78 is 20.1. The maximum atomic E-state index is 13.5. The Morgan fingerprint density at radius 3 is 2.96 bits per heavy atom. The van der Waals surface area contributed by atoms with E-state index in [1.165, 1.54) is 19.2 Å². The first-order chi connectivity index (χ1) is 11.0. The number of nitrogens with zero attached hydrogens (tertiary/aromatic N) is 2. The molecule has 3 N–H and O–H groups in total. The summed E-state index contributed by atoms with van der Waals surface area (Å²) in [5.41, 5.74) is 6.18. The molecule has 23 heavy (non-hydrogen) atoms. The predicted molar refractivity (Wildman–Crippen MR) is 85.8 cm³/mol. The van der Waals surface area contributed by atoms with Crippen molar-refractivity contribution in [1.82, 2.24) is 9.78 Å². The van der Waals surface area contributed by atoms with E-state index in [1.807, 2.05) is 0 Å². The smallest absolute Gasteiger partial charge is 0.228 e. The van der Waals surface area contributed by atoms with Crippen LogP contribution in [0.3, 0.4) is 0 Å². The van der Waals surface area contributed by atoms with Crippen molar-refractivity contribution in [3.63, 3.8) is 0 Å². The van der Waals surface area contributed by atoms with Crippen molar-refractivity contribution >= 4 is 23.3 Å². The fraction of sp³-hybridized carbons (Fsp3) is 0.333. The van der Waals surface area contributed by atoms with Gasteiger partial charge in [0.1, 0.15) is 11.6 Å². The van der Waals surface area contributed by atoms with Gasteiger partial charge in [-0.2, -0.15) is 5.10 Å². The number of hydrogen-bond acceptors (Lipinski definition) is 4. The lowest BCUT2D eigenvalue weighted by Crippen LogP contribution is -2.28. The lowest BCUT2D eigenvalue weighted by molar-refractivity contribution is -0.118. The highest BCUT2D eigenvalue weighted by molar-refractivity contribution is 6.30. The molecule has 1 aromatic heterocycles. The Labute approximate surface area is 138 Å². The number of aromatic nitrogens is 2. The van der Waals surface area contributed by atoms with E-state index < -0.39 is 5.82 Å². The molecule has 1 unspecified atom stereocenters. The van der Waals surface area contributed by atoms with Gasteiger partial charge < -0.3 is 15.8 Å². The molecule has 0 bridgehead atoms. The van der Waals surface area contributed by atoms with Gasteiger partial charge in [0.05, 0.1) is 30.3 Å². The number of nitrogens with one attached hydrogen (secondary N) is 1. The molecular formula is C15H18ClFN4O2. The normalized spacial score (nSPS) is 12.2. The monoisotopic (exact) mass is 340 g/mol. The van der Waals surface area contributed by atoms with E-state index in [1.54, 1.807) is 23.0 Å². The summed E-state index contributed by atoms with van der Waals surface area (Å²) in [6.45, 7) is 0.564. The molecule has 6 nitrogen and oxygen atoms in total. The number of anilines is 1. The third-order valence-corrected chi connectivity index (χ3v) is 3.62. The van der Waals surface area contributed by atoms with Crippen molar-refractivity contribution in [2.45, 2.75) is 19.1 Å². The molecule has 2 rings (SSSR count). The Morgan fingerprint density at radius 2 is 2.30 bits per heavy atom. The van der Waals surface area contributed by atoms with Gasteiger partial charge in [-0.05, 0) is 17.7 Å². The van der Waals surface area contributed by atoms with E-state index in [9.17, 15) is 9.18 Å². The number of benzene rings is 1. The van der Waals surface area contributed by atoms with E-state index in [0.717, 1.165) is 0 Å². The maximum absolute atomic E-state index is 13.5. The van der Waals surface area contributed by atoms with E-state index in [0.29, 0.717) is 17.9 Å². The van der Waals surface area contributed by atoms with E-state index >= 15 is 0 Å². The van der Waals surface area contributed by atoms with Gasteiger partial charge in [-0.1, -0.05) is 17.7 Å². The zero-order chi connectivity index (χ0) is 16.8. The highest BCUT2D eigenvalue weighted by atomic mass is 35.5. The zero-order valence-electron chi connectivity index (χ0n) is 12.6. The maximum Gasteiger partial charge on any atom is 0.228 e. The van der Waals surface area contributed by atoms with Crippen molar-refractivity contribution < 1.29 is 13.9 Å². The molecule has 1 atom stereocenters. The predicted octanol–water partition coefficient (Wildman–Crippen LogP) is 2.03. The van der Waals surface area contributed by atoms with Crippen LogP contribution in [0.5, 0.6) is 0 Å². The van der Waals surface area contributed by atoms with Crippen LogP contribution in [-0.4, -0.2) is 35.4 Å². The Kier molecular flexibility index (Phi) is 6.09. The summed E-state index contributed by atoms with van der Waals surface area (Å²) in [4.78, 5) is 12.0. The molecule has 1 heterocycles. The second-order valence-corrected chi connectivity index (χ2v) is 5.38. The average Bonchev–Trinajstić information content (AvgIpc) is 2.95. The highest BCUT2D eigenvalue weighted by Gasteiger charge is 2.13. The standard InChI is InChI=1S/C15H18ClFN4O2/c1-23-11(8-18)7-15(22)20-14-4-5-19-21(14)9-10-2-3-12(16)13(17)6-10/h2-6,11H,7-9,18H2,1H3,(H,20,22). The third kappa shape index (κ3) is 4.75.